The van der Waals surface area contributed by atoms with Crippen molar-refractivity contribution in [1.29, 1.82) is 0 Å². The standard InChI is InChI=1S/C9H17N2O/c1-2-3-4-6-11-7-5-10-8-9(11)12/h10H,1-8H2. The number of piperazine rings is 1. The molecule has 0 atom stereocenters. The van der Waals surface area contributed by atoms with Crippen LogP contribution in [0.15, 0.2) is 0 Å². The SMILES string of the molecule is [CH2]CCCCN1CCNCC1=O. The molecule has 1 amide bonds. The molecule has 0 bridgehead atoms. The summed E-state index contributed by atoms with van der Waals surface area (Å²) in [5, 5.41) is 3.05. The van der Waals surface area contributed by atoms with Crippen LogP contribution in [0.4, 0.5) is 0 Å². The molecule has 0 unspecified atom stereocenters. The fourth-order valence-electron chi connectivity index (χ4n) is 1.36. The van der Waals surface area contributed by atoms with Crippen LogP contribution in [-0.2, 0) is 4.79 Å². The smallest absolute Gasteiger partial charge is 0.236 e. The van der Waals surface area contributed by atoms with Crippen molar-refractivity contribution in [2.24, 2.45) is 0 Å². The first-order valence-corrected chi connectivity index (χ1v) is 4.62. The van der Waals surface area contributed by atoms with Crippen LogP contribution in [0.1, 0.15) is 19.3 Å². The van der Waals surface area contributed by atoms with E-state index in [0.29, 0.717) is 6.54 Å². The molecular weight excluding hydrogens is 152 g/mol. The highest BCUT2D eigenvalue weighted by Gasteiger charge is 2.15. The minimum absolute atomic E-state index is 0.241. The molecule has 0 aliphatic carbocycles. The van der Waals surface area contributed by atoms with Gasteiger partial charge in [-0.15, -0.1) is 0 Å². The first kappa shape index (κ1) is 9.52. The fourth-order valence-corrected chi connectivity index (χ4v) is 1.36. The van der Waals surface area contributed by atoms with Gasteiger partial charge in [-0.05, 0) is 6.42 Å². The second kappa shape index (κ2) is 5.14. The molecule has 12 heavy (non-hydrogen) atoms. The Morgan fingerprint density at radius 2 is 2.33 bits per heavy atom. The summed E-state index contributed by atoms with van der Waals surface area (Å²) >= 11 is 0. The van der Waals surface area contributed by atoms with E-state index in [1.165, 1.54) is 0 Å². The van der Waals surface area contributed by atoms with Gasteiger partial charge < -0.3 is 10.2 Å². The van der Waals surface area contributed by atoms with E-state index >= 15 is 0 Å². The van der Waals surface area contributed by atoms with Crippen molar-refractivity contribution in [3.63, 3.8) is 0 Å². The lowest BCUT2D eigenvalue weighted by molar-refractivity contribution is -0.131. The fraction of sp³-hybridized carbons (Fsp3) is 0.778. The molecule has 1 N–H and O–H groups in total. The number of rotatable bonds is 4. The van der Waals surface area contributed by atoms with E-state index in [0.717, 1.165) is 38.9 Å². The van der Waals surface area contributed by atoms with Gasteiger partial charge >= 0.3 is 0 Å². The number of carbonyl (C=O) groups excluding carboxylic acids is 1. The van der Waals surface area contributed by atoms with Gasteiger partial charge in [0.1, 0.15) is 0 Å². The average molecular weight is 169 g/mol. The topological polar surface area (TPSA) is 32.3 Å². The third-order valence-electron chi connectivity index (χ3n) is 2.12. The molecule has 69 valence electrons. The molecule has 1 rings (SSSR count). The molecule has 0 aromatic carbocycles. The second-order valence-electron chi connectivity index (χ2n) is 3.12. The zero-order chi connectivity index (χ0) is 8.81. The second-order valence-corrected chi connectivity index (χ2v) is 3.12. The lowest BCUT2D eigenvalue weighted by atomic mass is 10.2. The Labute approximate surface area is 74.1 Å². The summed E-state index contributed by atoms with van der Waals surface area (Å²) in [6.45, 7) is 7.01. The van der Waals surface area contributed by atoms with Crippen LogP contribution in [0.3, 0.4) is 0 Å². The normalized spacial score (nSPS) is 18.4. The third-order valence-corrected chi connectivity index (χ3v) is 2.12. The van der Waals surface area contributed by atoms with Gasteiger partial charge in [0.2, 0.25) is 5.91 Å². The molecule has 1 heterocycles. The van der Waals surface area contributed by atoms with Gasteiger partial charge in [0, 0.05) is 19.6 Å². The van der Waals surface area contributed by atoms with Crippen LogP contribution < -0.4 is 5.32 Å². The molecule has 0 spiro atoms. The van der Waals surface area contributed by atoms with Gasteiger partial charge in [0.05, 0.1) is 6.54 Å². The van der Waals surface area contributed by atoms with Gasteiger partial charge in [-0.25, -0.2) is 0 Å². The number of nitrogens with zero attached hydrogens (tertiary/aromatic N) is 1. The van der Waals surface area contributed by atoms with Crippen LogP contribution >= 0.6 is 0 Å². The lowest BCUT2D eigenvalue weighted by Crippen LogP contribution is -2.48. The number of nitrogens with one attached hydrogen (secondary N) is 1. The van der Waals surface area contributed by atoms with Gasteiger partial charge in [-0.2, -0.15) is 0 Å². The number of unbranched alkanes of at least 4 members (excludes halogenated alkanes) is 2. The Kier molecular flexibility index (Phi) is 4.08. The van der Waals surface area contributed by atoms with Gasteiger partial charge in [0.15, 0.2) is 0 Å². The van der Waals surface area contributed by atoms with Gasteiger partial charge in [-0.1, -0.05) is 19.8 Å². The number of hydrogen-bond donors (Lipinski definition) is 1. The number of carbonyl (C=O) groups is 1. The first-order valence-electron chi connectivity index (χ1n) is 4.62. The predicted octanol–water partition coefficient (Wildman–Crippen LogP) is 0.423. The summed E-state index contributed by atoms with van der Waals surface area (Å²) in [6, 6.07) is 0. The van der Waals surface area contributed by atoms with E-state index in [-0.39, 0.29) is 5.91 Å². The zero-order valence-electron chi connectivity index (χ0n) is 7.51. The lowest BCUT2D eigenvalue weighted by Gasteiger charge is -2.27. The number of hydrogen-bond acceptors (Lipinski definition) is 2. The van der Waals surface area contributed by atoms with E-state index in [2.05, 4.69) is 12.2 Å². The number of amides is 1. The highest BCUT2D eigenvalue weighted by atomic mass is 16.2. The summed E-state index contributed by atoms with van der Waals surface area (Å²) in [6.07, 6.45) is 3.19. The molecule has 1 saturated heterocycles. The van der Waals surface area contributed by atoms with Crippen molar-refractivity contribution < 1.29 is 4.79 Å². The minimum atomic E-state index is 0.241. The molecule has 1 aliphatic heterocycles. The largest absolute Gasteiger partial charge is 0.340 e. The zero-order valence-corrected chi connectivity index (χ0v) is 7.51. The van der Waals surface area contributed by atoms with Crippen molar-refractivity contribution in [1.82, 2.24) is 10.2 Å². The Morgan fingerprint density at radius 1 is 1.50 bits per heavy atom. The van der Waals surface area contributed by atoms with Crippen LogP contribution in [0.5, 0.6) is 0 Å². The van der Waals surface area contributed by atoms with Gasteiger partial charge in [-0.3, -0.25) is 4.79 Å². The summed E-state index contributed by atoms with van der Waals surface area (Å²) in [7, 11) is 0. The Bertz CT molecular complexity index is 147. The van der Waals surface area contributed by atoms with Crippen LogP contribution in [-0.4, -0.2) is 37.0 Å². The maximum Gasteiger partial charge on any atom is 0.236 e. The van der Waals surface area contributed by atoms with Crippen molar-refractivity contribution in [3.8, 4) is 0 Å². The van der Waals surface area contributed by atoms with Crippen LogP contribution in [0.25, 0.3) is 0 Å². The molecule has 3 heteroatoms. The van der Waals surface area contributed by atoms with E-state index in [1.807, 2.05) is 4.90 Å². The molecule has 0 aromatic heterocycles. The van der Waals surface area contributed by atoms with E-state index in [4.69, 9.17) is 0 Å². The Morgan fingerprint density at radius 3 is 3.00 bits per heavy atom. The summed E-state index contributed by atoms with van der Waals surface area (Å²) < 4.78 is 0. The van der Waals surface area contributed by atoms with E-state index < -0.39 is 0 Å². The van der Waals surface area contributed by atoms with Crippen molar-refractivity contribution in [3.05, 3.63) is 6.92 Å². The summed E-state index contributed by atoms with van der Waals surface area (Å²) in [5.41, 5.74) is 0. The Balaban J connectivity index is 2.16. The maximum absolute atomic E-state index is 11.2. The highest BCUT2D eigenvalue weighted by molar-refractivity contribution is 5.78. The molecule has 1 fully saturated rings. The molecule has 1 aliphatic rings. The quantitative estimate of drug-likeness (QED) is 0.619. The van der Waals surface area contributed by atoms with Crippen molar-refractivity contribution in [2.45, 2.75) is 19.3 Å². The highest BCUT2D eigenvalue weighted by Crippen LogP contribution is 2.00. The molecule has 0 saturated carbocycles. The minimum Gasteiger partial charge on any atom is -0.340 e. The molecule has 0 aromatic rings. The van der Waals surface area contributed by atoms with Gasteiger partial charge in [0.25, 0.3) is 0 Å². The predicted molar refractivity (Wildman–Crippen MR) is 48.7 cm³/mol. The third kappa shape index (κ3) is 2.81. The van der Waals surface area contributed by atoms with Crippen LogP contribution in [0.2, 0.25) is 0 Å². The monoisotopic (exact) mass is 169 g/mol. The van der Waals surface area contributed by atoms with E-state index in [1.54, 1.807) is 0 Å². The molecule has 1 radical (unpaired) electrons. The summed E-state index contributed by atoms with van der Waals surface area (Å²) in [5.74, 6) is 0.241. The molecule has 3 nitrogen and oxygen atoms in total. The maximum atomic E-state index is 11.2. The van der Waals surface area contributed by atoms with E-state index in [9.17, 15) is 4.79 Å². The molecular formula is C9H17N2O. The van der Waals surface area contributed by atoms with Crippen molar-refractivity contribution in [2.75, 3.05) is 26.2 Å². The average Bonchev–Trinajstić information content (AvgIpc) is 2.09. The summed E-state index contributed by atoms with van der Waals surface area (Å²) in [4.78, 5) is 13.2. The van der Waals surface area contributed by atoms with Crippen LogP contribution in [0, 0.1) is 6.92 Å². The Hall–Kier alpha value is -0.570. The van der Waals surface area contributed by atoms with Crippen molar-refractivity contribution >= 4 is 5.91 Å². The first-order chi connectivity index (χ1) is 5.84.